The third kappa shape index (κ3) is 2.26. The van der Waals surface area contributed by atoms with Crippen molar-refractivity contribution in [3.05, 3.63) is 29.1 Å². The van der Waals surface area contributed by atoms with Crippen LogP contribution in [0.4, 0.5) is 0 Å². The SMILES string of the molecule is CCn1c(C)cc(/C=C/C(C)N)c1C. The van der Waals surface area contributed by atoms with Crippen LogP contribution >= 0.6 is 0 Å². The summed E-state index contributed by atoms with van der Waals surface area (Å²) in [5.74, 6) is 0. The quantitative estimate of drug-likeness (QED) is 0.783. The minimum absolute atomic E-state index is 0.125. The summed E-state index contributed by atoms with van der Waals surface area (Å²) in [5.41, 5.74) is 9.59. The van der Waals surface area contributed by atoms with Crippen LogP contribution in [-0.2, 0) is 6.54 Å². The average Bonchev–Trinajstić information content (AvgIpc) is 2.38. The van der Waals surface area contributed by atoms with Crippen molar-refractivity contribution in [1.82, 2.24) is 4.57 Å². The zero-order chi connectivity index (χ0) is 10.7. The van der Waals surface area contributed by atoms with Gasteiger partial charge in [-0.2, -0.15) is 0 Å². The monoisotopic (exact) mass is 192 g/mol. The van der Waals surface area contributed by atoms with Gasteiger partial charge in [-0.25, -0.2) is 0 Å². The molecule has 1 heterocycles. The van der Waals surface area contributed by atoms with Crippen molar-refractivity contribution in [1.29, 1.82) is 0 Å². The molecule has 0 radical (unpaired) electrons. The van der Waals surface area contributed by atoms with Gasteiger partial charge < -0.3 is 10.3 Å². The summed E-state index contributed by atoms with van der Waals surface area (Å²) in [6, 6.07) is 2.33. The number of rotatable bonds is 3. The van der Waals surface area contributed by atoms with Gasteiger partial charge in [-0.1, -0.05) is 12.2 Å². The Labute approximate surface area is 86.4 Å². The van der Waals surface area contributed by atoms with Gasteiger partial charge in [-0.3, -0.25) is 0 Å². The second-order valence-corrected chi connectivity index (χ2v) is 3.79. The number of nitrogens with two attached hydrogens (primary N) is 1. The van der Waals surface area contributed by atoms with E-state index in [4.69, 9.17) is 5.73 Å². The van der Waals surface area contributed by atoms with Crippen molar-refractivity contribution in [3.63, 3.8) is 0 Å². The first-order valence-electron chi connectivity index (χ1n) is 5.16. The third-order valence-electron chi connectivity index (χ3n) is 2.51. The Kier molecular flexibility index (Phi) is 3.53. The van der Waals surface area contributed by atoms with E-state index in [2.05, 4.69) is 37.5 Å². The largest absolute Gasteiger partial charge is 0.349 e. The summed E-state index contributed by atoms with van der Waals surface area (Å²) >= 11 is 0. The lowest BCUT2D eigenvalue weighted by Crippen LogP contribution is -2.09. The summed E-state index contributed by atoms with van der Waals surface area (Å²) in [7, 11) is 0. The predicted octanol–water partition coefficient (Wildman–Crippen LogP) is 2.49. The smallest absolute Gasteiger partial charge is 0.0218 e. The van der Waals surface area contributed by atoms with Crippen LogP contribution in [0.3, 0.4) is 0 Å². The minimum atomic E-state index is 0.125. The van der Waals surface area contributed by atoms with E-state index in [9.17, 15) is 0 Å². The van der Waals surface area contributed by atoms with Crippen molar-refractivity contribution in [3.8, 4) is 0 Å². The van der Waals surface area contributed by atoms with E-state index in [1.807, 2.05) is 13.0 Å². The second kappa shape index (κ2) is 4.47. The molecule has 0 saturated heterocycles. The molecule has 1 unspecified atom stereocenters. The minimum Gasteiger partial charge on any atom is -0.349 e. The van der Waals surface area contributed by atoms with E-state index in [1.54, 1.807) is 0 Å². The van der Waals surface area contributed by atoms with E-state index >= 15 is 0 Å². The molecule has 0 saturated carbocycles. The maximum atomic E-state index is 5.67. The van der Waals surface area contributed by atoms with E-state index in [0.717, 1.165) is 6.54 Å². The van der Waals surface area contributed by atoms with Gasteiger partial charge in [-0.15, -0.1) is 0 Å². The van der Waals surface area contributed by atoms with Crippen molar-refractivity contribution in [2.75, 3.05) is 0 Å². The van der Waals surface area contributed by atoms with Crippen LogP contribution in [0.2, 0.25) is 0 Å². The highest BCUT2D eigenvalue weighted by atomic mass is 15.0. The van der Waals surface area contributed by atoms with Crippen LogP contribution in [0, 0.1) is 13.8 Å². The molecule has 1 rings (SSSR count). The molecule has 0 aliphatic heterocycles. The standard InChI is InChI=1S/C12H20N2/c1-5-14-10(3)8-12(11(14)4)7-6-9(2)13/h6-9H,5,13H2,1-4H3/b7-6+. The average molecular weight is 192 g/mol. The number of hydrogen-bond acceptors (Lipinski definition) is 1. The van der Waals surface area contributed by atoms with E-state index < -0.39 is 0 Å². The van der Waals surface area contributed by atoms with Crippen molar-refractivity contribution in [2.24, 2.45) is 5.73 Å². The van der Waals surface area contributed by atoms with E-state index in [-0.39, 0.29) is 6.04 Å². The first-order valence-corrected chi connectivity index (χ1v) is 5.16. The van der Waals surface area contributed by atoms with E-state index in [1.165, 1.54) is 17.0 Å². The van der Waals surface area contributed by atoms with Gasteiger partial charge in [0, 0.05) is 24.0 Å². The van der Waals surface area contributed by atoms with Gasteiger partial charge in [0.05, 0.1) is 0 Å². The third-order valence-corrected chi connectivity index (χ3v) is 2.51. The predicted molar refractivity (Wildman–Crippen MR) is 62.3 cm³/mol. The molecule has 2 N–H and O–H groups in total. The molecule has 1 aromatic heterocycles. The zero-order valence-electron chi connectivity index (χ0n) is 9.54. The lowest BCUT2D eigenvalue weighted by molar-refractivity contribution is 0.718. The maximum Gasteiger partial charge on any atom is 0.0218 e. The highest BCUT2D eigenvalue weighted by Crippen LogP contribution is 2.16. The molecule has 0 aromatic carbocycles. The molecule has 0 bridgehead atoms. The second-order valence-electron chi connectivity index (χ2n) is 3.79. The summed E-state index contributed by atoms with van der Waals surface area (Å²) < 4.78 is 2.31. The van der Waals surface area contributed by atoms with Crippen LogP contribution in [0.15, 0.2) is 12.1 Å². The molecule has 0 spiro atoms. The molecule has 0 aliphatic rings. The molecule has 14 heavy (non-hydrogen) atoms. The van der Waals surface area contributed by atoms with Gasteiger partial charge in [-0.05, 0) is 39.3 Å². The first-order chi connectivity index (χ1) is 6.56. The fraction of sp³-hybridized carbons (Fsp3) is 0.500. The van der Waals surface area contributed by atoms with Gasteiger partial charge in [0.25, 0.3) is 0 Å². The molecule has 2 nitrogen and oxygen atoms in total. The van der Waals surface area contributed by atoms with Crippen LogP contribution in [0.1, 0.15) is 30.8 Å². The highest BCUT2D eigenvalue weighted by molar-refractivity contribution is 5.54. The first kappa shape index (κ1) is 11.1. The van der Waals surface area contributed by atoms with Crippen molar-refractivity contribution < 1.29 is 0 Å². The number of aromatic nitrogens is 1. The fourth-order valence-electron chi connectivity index (χ4n) is 1.74. The molecule has 0 fully saturated rings. The Hall–Kier alpha value is -1.02. The molecule has 0 aliphatic carbocycles. The lowest BCUT2D eigenvalue weighted by atomic mass is 10.2. The summed E-state index contributed by atoms with van der Waals surface area (Å²) in [6.45, 7) is 9.47. The molecule has 2 heteroatoms. The highest BCUT2D eigenvalue weighted by Gasteiger charge is 2.04. The lowest BCUT2D eigenvalue weighted by Gasteiger charge is -2.04. The van der Waals surface area contributed by atoms with Gasteiger partial charge in [0.2, 0.25) is 0 Å². The molecule has 78 valence electrons. The van der Waals surface area contributed by atoms with Crippen LogP contribution < -0.4 is 5.73 Å². The van der Waals surface area contributed by atoms with Crippen molar-refractivity contribution in [2.45, 2.75) is 40.3 Å². The summed E-state index contributed by atoms with van der Waals surface area (Å²) in [4.78, 5) is 0. The topological polar surface area (TPSA) is 30.9 Å². The van der Waals surface area contributed by atoms with Crippen molar-refractivity contribution >= 4 is 6.08 Å². The van der Waals surface area contributed by atoms with Gasteiger partial charge >= 0.3 is 0 Å². The van der Waals surface area contributed by atoms with Crippen LogP contribution in [0.5, 0.6) is 0 Å². The van der Waals surface area contributed by atoms with E-state index in [0.29, 0.717) is 0 Å². The molecular formula is C12H20N2. The Morgan fingerprint density at radius 3 is 2.57 bits per heavy atom. The Morgan fingerprint density at radius 2 is 2.14 bits per heavy atom. The number of hydrogen-bond donors (Lipinski definition) is 1. The molecule has 0 amide bonds. The molecular weight excluding hydrogens is 172 g/mol. The zero-order valence-corrected chi connectivity index (χ0v) is 9.54. The summed E-state index contributed by atoms with van der Waals surface area (Å²) in [5, 5.41) is 0. The Morgan fingerprint density at radius 1 is 1.50 bits per heavy atom. The number of nitrogens with zero attached hydrogens (tertiary/aromatic N) is 1. The van der Waals surface area contributed by atoms with Gasteiger partial charge in [0.15, 0.2) is 0 Å². The van der Waals surface area contributed by atoms with Crippen LogP contribution in [-0.4, -0.2) is 10.6 Å². The Bertz CT molecular complexity index is 332. The fourth-order valence-corrected chi connectivity index (χ4v) is 1.74. The Balaban J connectivity index is 2.99. The number of aryl methyl sites for hydroxylation is 1. The summed E-state index contributed by atoms with van der Waals surface area (Å²) in [6.07, 6.45) is 4.14. The molecule has 1 aromatic rings. The molecule has 1 atom stereocenters. The van der Waals surface area contributed by atoms with Crippen LogP contribution in [0.25, 0.3) is 6.08 Å². The maximum absolute atomic E-state index is 5.67. The van der Waals surface area contributed by atoms with Gasteiger partial charge in [0.1, 0.15) is 0 Å². The normalized spacial score (nSPS) is 13.8.